The molecule has 0 aromatic heterocycles. The third-order valence-corrected chi connectivity index (χ3v) is 4.09. The Hall–Kier alpha value is -3.67. The fourth-order valence-corrected chi connectivity index (χ4v) is 2.69. The molecule has 6 heteroatoms. The van der Waals surface area contributed by atoms with Gasteiger partial charge in [0.25, 0.3) is 0 Å². The van der Waals surface area contributed by atoms with Gasteiger partial charge in [0.05, 0.1) is 24.8 Å². The molecule has 3 aromatic rings. The number of amides is 1. The number of anilines is 3. The number of hydrogen-bond donors (Lipinski definition) is 2. The molecule has 0 radical (unpaired) electrons. The molecule has 0 spiro atoms. The highest BCUT2D eigenvalue weighted by molar-refractivity contribution is 5.96. The average molecular weight is 378 g/mol. The third kappa shape index (κ3) is 4.73. The van der Waals surface area contributed by atoms with Crippen molar-refractivity contribution in [2.24, 2.45) is 0 Å². The van der Waals surface area contributed by atoms with Gasteiger partial charge in [-0.1, -0.05) is 30.3 Å². The number of ether oxygens (including phenoxy) is 1. The van der Waals surface area contributed by atoms with Gasteiger partial charge in [0.1, 0.15) is 5.82 Å². The number of carbonyl (C=O) groups is 2. The smallest absolute Gasteiger partial charge is 0.339 e. The maximum atomic E-state index is 13.6. The van der Waals surface area contributed by atoms with Crippen molar-refractivity contribution in [2.45, 2.75) is 6.42 Å². The molecule has 3 aromatic carbocycles. The van der Waals surface area contributed by atoms with Crippen LogP contribution >= 0.6 is 0 Å². The molecule has 0 saturated heterocycles. The van der Waals surface area contributed by atoms with Crippen LogP contribution in [0, 0.1) is 5.82 Å². The summed E-state index contributed by atoms with van der Waals surface area (Å²) < 4.78 is 18.4. The number of hydrogen-bond acceptors (Lipinski definition) is 4. The predicted octanol–water partition coefficient (Wildman–Crippen LogP) is 4.54. The molecule has 0 unspecified atom stereocenters. The maximum absolute atomic E-state index is 13.6. The van der Waals surface area contributed by atoms with Crippen LogP contribution in [-0.4, -0.2) is 19.0 Å². The minimum Gasteiger partial charge on any atom is -0.465 e. The molecule has 5 nitrogen and oxygen atoms in total. The van der Waals surface area contributed by atoms with Gasteiger partial charge in [0, 0.05) is 11.4 Å². The zero-order chi connectivity index (χ0) is 19.9. The first-order valence-electron chi connectivity index (χ1n) is 8.64. The van der Waals surface area contributed by atoms with Crippen molar-refractivity contribution in [3.8, 4) is 0 Å². The van der Waals surface area contributed by atoms with E-state index < -0.39 is 11.8 Å². The van der Waals surface area contributed by atoms with Gasteiger partial charge in [-0.05, 0) is 48.0 Å². The Morgan fingerprint density at radius 1 is 0.893 bits per heavy atom. The molecule has 0 atom stereocenters. The molecule has 0 saturated carbocycles. The number of methoxy groups -OCH3 is 1. The highest BCUT2D eigenvalue weighted by atomic mass is 19.1. The molecule has 0 bridgehead atoms. The first-order valence-corrected chi connectivity index (χ1v) is 8.64. The molecular formula is C22H19FN2O3. The second-order valence-electron chi connectivity index (χ2n) is 6.06. The Morgan fingerprint density at radius 2 is 1.54 bits per heavy atom. The van der Waals surface area contributed by atoms with Crippen molar-refractivity contribution in [3.63, 3.8) is 0 Å². The van der Waals surface area contributed by atoms with E-state index >= 15 is 0 Å². The normalized spacial score (nSPS) is 10.2. The maximum Gasteiger partial charge on any atom is 0.339 e. The van der Waals surface area contributed by atoms with Crippen LogP contribution in [-0.2, 0) is 16.0 Å². The van der Waals surface area contributed by atoms with Crippen molar-refractivity contribution in [1.82, 2.24) is 0 Å². The summed E-state index contributed by atoms with van der Waals surface area (Å²) in [6.45, 7) is 0. The SMILES string of the molecule is COC(=O)c1ccccc1Nc1ccc(NC(=O)Cc2ccccc2F)cc1. The van der Waals surface area contributed by atoms with Gasteiger partial charge in [-0.25, -0.2) is 9.18 Å². The fourth-order valence-electron chi connectivity index (χ4n) is 2.69. The van der Waals surface area contributed by atoms with Gasteiger partial charge < -0.3 is 15.4 Å². The standard InChI is InChI=1S/C22H19FN2O3/c1-28-22(27)18-7-3-5-9-20(18)24-16-10-12-17(13-11-16)25-21(26)14-15-6-2-4-8-19(15)23/h2-13,24H,14H2,1H3,(H,25,26). The minimum absolute atomic E-state index is 0.0425. The van der Waals surface area contributed by atoms with E-state index in [9.17, 15) is 14.0 Å². The van der Waals surface area contributed by atoms with E-state index in [1.807, 2.05) is 6.07 Å². The lowest BCUT2D eigenvalue weighted by Gasteiger charge is -2.11. The molecule has 2 N–H and O–H groups in total. The number of rotatable bonds is 6. The quantitative estimate of drug-likeness (QED) is 0.618. The first kappa shape index (κ1) is 19.1. The molecule has 3 rings (SSSR count). The topological polar surface area (TPSA) is 67.4 Å². The summed E-state index contributed by atoms with van der Waals surface area (Å²) in [6.07, 6.45) is -0.0425. The zero-order valence-electron chi connectivity index (χ0n) is 15.2. The molecule has 0 heterocycles. The van der Waals surface area contributed by atoms with Crippen molar-refractivity contribution in [3.05, 3.63) is 89.7 Å². The molecule has 1 amide bonds. The van der Waals surface area contributed by atoms with Gasteiger partial charge in [-0.2, -0.15) is 0 Å². The van der Waals surface area contributed by atoms with E-state index in [1.165, 1.54) is 13.2 Å². The Balaban J connectivity index is 1.65. The van der Waals surface area contributed by atoms with Crippen molar-refractivity contribution >= 4 is 28.9 Å². The Labute approximate surface area is 162 Å². The Kier molecular flexibility index (Phi) is 6.01. The fraction of sp³-hybridized carbons (Fsp3) is 0.0909. The van der Waals surface area contributed by atoms with Crippen molar-refractivity contribution < 1.29 is 18.7 Å². The van der Waals surface area contributed by atoms with Gasteiger partial charge in [0.15, 0.2) is 0 Å². The lowest BCUT2D eigenvalue weighted by atomic mass is 10.1. The van der Waals surface area contributed by atoms with Gasteiger partial charge in [-0.3, -0.25) is 4.79 Å². The summed E-state index contributed by atoms with van der Waals surface area (Å²) in [7, 11) is 1.33. The van der Waals surface area contributed by atoms with E-state index in [0.717, 1.165) is 5.69 Å². The monoisotopic (exact) mass is 378 g/mol. The Morgan fingerprint density at radius 3 is 2.25 bits per heavy atom. The second kappa shape index (κ2) is 8.81. The lowest BCUT2D eigenvalue weighted by Crippen LogP contribution is -2.15. The zero-order valence-corrected chi connectivity index (χ0v) is 15.2. The van der Waals surface area contributed by atoms with E-state index in [-0.39, 0.29) is 12.3 Å². The number of benzene rings is 3. The van der Waals surface area contributed by atoms with Crippen LogP contribution in [0.15, 0.2) is 72.8 Å². The summed E-state index contributed by atoms with van der Waals surface area (Å²) in [5, 5.41) is 5.89. The van der Waals surface area contributed by atoms with Crippen LogP contribution < -0.4 is 10.6 Å². The van der Waals surface area contributed by atoms with Crippen LogP contribution in [0.1, 0.15) is 15.9 Å². The number of halogens is 1. The third-order valence-electron chi connectivity index (χ3n) is 4.09. The average Bonchev–Trinajstić information content (AvgIpc) is 2.71. The molecule has 0 aliphatic carbocycles. The molecule has 0 aliphatic rings. The highest BCUT2D eigenvalue weighted by Crippen LogP contribution is 2.23. The lowest BCUT2D eigenvalue weighted by molar-refractivity contribution is -0.115. The second-order valence-corrected chi connectivity index (χ2v) is 6.06. The van der Waals surface area contributed by atoms with Crippen LogP contribution in [0.2, 0.25) is 0 Å². The summed E-state index contributed by atoms with van der Waals surface area (Å²) in [5.41, 5.74) is 2.72. The van der Waals surface area contributed by atoms with Gasteiger partial charge in [-0.15, -0.1) is 0 Å². The number of para-hydroxylation sites is 1. The first-order chi connectivity index (χ1) is 13.6. The highest BCUT2D eigenvalue weighted by Gasteiger charge is 2.11. The molecule has 142 valence electrons. The van der Waals surface area contributed by atoms with Crippen LogP contribution in [0.4, 0.5) is 21.5 Å². The summed E-state index contributed by atoms with van der Waals surface area (Å²) >= 11 is 0. The van der Waals surface area contributed by atoms with Crippen molar-refractivity contribution in [1.29, 1.82) is 0 Å². The predicted molar refractivity (Wildman–Crippen MR) is 106 cm³/mol. The number of nitrogens with one attached hydrogen (secondary N) is 2. The van der Waals surface area contributed by atoms with Crippen LogP contribution in [0.5, 0.6) is 0 Å². The van der Waals surface area contributed by atoms with E-state index in [2.05, 4.69) is 10.6 Å². The van der Waals surface area contributed by atoms with E-state index in [0.29, 0.717) is 22.5 Å². The Bertz CT molecular complexity index is 987. The van der Waals surface area contributed by atoms with Crippen LogP contribution in [0.25, 0.3) is 0 Å². The molecule has 28 heavy (non-hydrogen) atoms. The number of carbonyl (C=O) groups excluding carboxylic acids is 2. The largest absolute Gasteiger partial charge is 0.465 e. The summed E-state index contributed by atoms with van der Waals surface area (Å²) in [4.78, 5) is 24.0. The van der Waals surface area contributed by atoms with Crippen LogP contribution in [0.3, 0.4) is 0 Å². The molecule has 0 fully saturated rings. The molecule has 0 aliphatic heterocycles. The molecular weight excluding hydrogens is 359 g/mol. The van der Waals surface area contributed by atoms with E-state index in [1.54, 1.807) is 60.7 Å². The summed E-state index contributed by atoms with van der Waals surface area (Å²) in [6, 6.07) is 20.2. The van der Waals surface area contributed by atoms with Crippen molar-refractivity contribution in [2.75, 3.05) is 17.7 Å². The summed E-state index contributed by atoms with van der Waals surface area (Å²) in [5.74, 6) is -1.14. The van der Waals surface area contributed by atoms with Gasteiger partial charge >= 0.3 is 5.97 Å². The van der Waals surface area contributed by atoms with E-state index in [4.69, 9.17) is 4.74 Å². The minimum atomic E-state index is -0.430. The number of esters is 1. The van der Waals surface area contributed by atoms with Gasteiger partial charge in [0.2, 0.25) is 5.91 Å².